The number of rotatable bonds is 6. The lowest BCUT2D eigenvalue weighted by Crippen LogP contribution is -2.32. The van der Waals surface area contributed by atoms with Crippen LogP contribution in [0.4, 0.5) is 0 Å². The van der Waals surface area contributed by atoms with E-state index >= 15 is 0 Å². The van der Waals surface area contributed by atoms with Gasteiger partial charge in [0.25, 0.3) is 0 Å². The van der Waals surface area contributed by atoms with Crippen molar-refractivity contribution in [2.75, 3.05) is 0 Å². The molecule has 0 atom stereocenters. The molecule has 2 N–H and O–H groups in total. The molecule has 0 radical (unpaired) electrons. The minimum absolute atomic E-state index is 0.434. The normalized spacial score (nSPS) is 23.4. The zero-order chi connectivity index (χ0) is 13.7. The number of nitrogens with one attached hydrogen (secondary N) is 1. The Kier molecular flexibility index (Phi) is 5.40. The Morgan fingerprint density at radius 2 is 2.11 bits per heavy atom. The molecule has 0 saturated heterocycles. The van der Waals surface area contributed by atoms with Crippen molar-refractivity contribution in [3.63, 3.8) is 0 Å². The average Bonchev–Trinajstić information content (AvgIpc) is 2.87. The first-order valence-electron chi connectivity index (χ1n) is 7.24. The smallest absolute Gasteiger partial charge is 0.345 e. The Labute approximate surface area is 119 Å². The molecule has 3 nitrogen and oxygen atoms in total. The summed E-state index contributed by atoms with van der Waals surface area (Å²) < 4.78 is 0. The molecule has 1 fully saturated rings. The summed E-state index contributed by atoms with van der Waals surface area (Å²) in [6, 6.07) is 4.23. The Balaban J connectivity index is 1.72. The highest BCUT2D eigenvalue weighted by atomic mass is 32.1. The Bertz CT molecular complexity index is 408. The molecule has 0 amide bonds. The van der Waals surface area contributed by atoms with Gasteiger partial charge in [-0.05, 0) is 43.7 Å². The third-order valence-electron chi connectivity index (χ3n) is 3.98. The van der Waals surface area contributed by atoms with E-state index in [1.807, 2.05) is 6.07 Å². The molecule has 1 heterocycles. The maximum Gasteiger partial charge on any atom is 0.345 e. The molecular formula is C15H23NO2S. The van der Waals surface area contributed by atoms with Crippen molar-refractivity contribution in [2.45, 2.75) is 58.0 Å². The van der Waals surface area contributed by atoms with Crippen LogP contribution in [0, 0.1) is 5.92 Å². The molecule has 0 bridgehead atoms. The molecule has 0 spiro atoms. The van der Waals surface area contributed by atoms with E-state index < -0.39 is 5.97 Å². The minimum Gasteiger partial charge on any atom is -0.477 e. The minimum atomic E-state index is -0.823. The first kappa shape index (κ1) is 14.5. The third-order valence-corrected chi connectivity index (χ3v) is 5.05. The fraction of sp³-hybridized carbons (Fsp3) is 0.667. The lowest BCUT2D eigenvalue weighted by molar-refractivity contribution is 0.0702. The topological polar surface area (TPSA) is 49.3 Å². The lowest BCUT2D eigenvalue weighted by Gasteiger charge is -2.28. The highest BCUT2D eigenvalue weighted by Crippen LogP contribution is 2.28. The molecule has 1 aromatic rings. The Hall–Kier alpha value is -0.870. The van der Waals surface area contributed by atoms with Crippen molar-refractivity contribution in [3.05, 3.63) is 21.9 Å². The molecule has 1 aromatic heterocycles. The van der Waals surface area contributed by atoms with Crippen LogP contribution in [-0.4, -0.2) is 17.1 Å². The zero-order valence-corrected chi connectivity index (χ0v) is 12.3. The highest BCUT2D eigenvalue weighted by molar-refractivity contribution is 7.13. The van der Waals surface area contributed by atoms with Gasteiger partial charge in [-0.15, -0.1) is 11.3 Å². The van der Waals surface area contributed by atoms with Crippen LogP contribution >= 0.6 is 11.3 Å². The van der Waals surface area contributed by atoms with Crippen molar-refractivity contribution in [1.82, 2.24) is 5.32 Å². The molecule has 2 rings (SSSR count). The van der Waals surface area contributed by atoms with E-state index in [4.69, 9.17) is 5.11 Å². The number of carboxylic acids is 1. The summed E-state index contributed by atoms with van der Waals surface area (Å²) in [7, 11) is 0. The molecule has 106 valence electrons. The SMILES string of the molecule is CCCC1CCC(NCc2ccc(C(=O)O)s2)CC1. The molecule has 0 aliphatic heterocycles. The van der Waals surface area contributed by atoms with Crippen LogP contribution in [0.3, 0.4) is 0 Å². The van der Waals surface area contributed by atoms with E-state index in [0.29, 0.717) is 10.9 Å². The quantitative estimate of drug-likeness (QED) is 0.831. The van der Waals surface area contributed by atoms with Gasteiger partial charge in [0.05, 0.1) is 0 Å². The van der Waals surface area contributed by atoms with Crippen LogP contribution in [0.25, 0.3) is 0 Å². The maximum atomic E-state index is 10.8. The number of hydrogen-bond acceptors (Lipinski definition) is 3. The van der Waals surface area contributed by atoms with Gasteiger partial charge in [-0.3, -0.25) is 0 Å². The van der Waals surface area contributed by atoms with E-state index in [1.54, 1.807) is 6.07 Å². The van der Waals surface area contributed by atoms with E-state index in [9.17, 15) is 4.79 Å². The van der Waals surface area contributed by atoms with E-state index in [-0.39, 0.29) is 0 Å². The van der Waals surface area contributed by atoms with Gasteiger partial charge in [-0.1, -0.05) is 19.8 Å². The van der Waals surface area contributed by atoms with Gasteiger partial charge >= 0.3 is 5.97 Å². The van der Waals surface area contributed by atoms with Crippen molar-refractivity contribution in [3.8, 4) is 0 Å². The van der Waals surface area contributed by atoms with Gasteiger partial charge in [-0.25, -0.2) is 4.79 Å². The van der Waals surface area contributed by atoms with Crippen LogP contribution in [-0.2, 0) is 6.54 Å². The molecule has 0 unspecified atom stereocenters. The van der Waals surface area contributed by atoms with E-state index in [0.717, 1.165) is 17.3 Å². The molecule has 1 aliphatic carbocycles. The summed E-state index contributed by atoms with van der Waals surface area (Å²) in [5.74, 6) is 0.111. The molecule has 0 aromatic carbocycles. The summed E-state index contributed by atoms with van der Waals surface area (Å²) in [6.45, 7) is 3.07. The van der Waals surface area contributed by atoms with E-state index in [2.05, 4.69) is 12.2 Å². The fourth-order valence-electron chi connectivity index (χ4n) is 2.90. The van der Waals surface area contributed by atoms with Gasteiger partial charge in [0.2, 0.25) is 0 Å². The molecular weight excluding hydrogens is 258 g/mol. The summed E-state index contributed by atoms with van der Waals surface area (Å²) in [6.07, 6.45) is 7.89. The first-order chi connectivity index (χ1) is 9.19. The number of thiophene rings is 1. The Morgan fingerprint density at radius 1 is 1.37 bits per heavy atom. The average molecular weight is 281 g/mol. The fourth-order valence-corrected chi connectivity index (χ4v) is 3.69. The Morgan fingerprint density at radius 3 is 2.68 bits per heavy atom. The molecule has 1 saturated carbocycles. The van der Waals surface area contributed by atoms with Crippen molar-refractivity contribution < 1.29 is 9.90 Å². The van der Waals surface area contributed by atoms with Gasteiger partial charge in [0.1, 0.15) is 4.88 Å². The van der Waals surface area contributed by atoms with Gasteiger partial charge in [0, 0.05) is 17.5 Å². The lowest BCUT2D eigenvalue weighted by atomic mass is 9.83. The summed E-state index contributed by atoms with van der Waals surface area (Å²) >= 11 is 1.38. The van der Waals surface area contributed by atoms with Gasteiger partial charge in [0.15, 0.2) is 0 Å². The molecule has 1 aliphatic rings. The second kappa shape index (κ2) is 7.06. The number of hydrogen-bond donors (Lipinski definition) is 2. The van der Waals surface area contributed by atoms with Gasteiger partial charge in [-0.2, -0.15) is 0 Å². The standard InChI is InChI=1S/C15H23NO2S/c1-2-3-11-4-6-12(7-5-11)16-10-13-8-9-14(19-13)15(17)18/h8-9,11-12,16H,2-7,10H2,1H3,(H,17,18). The number of carbonyl (C=O) groups is 1. The predicted molar refractivity (Wildman–Crippen MR) is 78.8 cm³/mol. The van der Waals surface area contributed by atoms with Crippen LogP contribution in [0.1, 0.15) is 60.0 Å². The summed E-state index contributed by atoms with van der Waals surface area (Å²) in [5.41, 5.74) is 0. The summed E-state index contributed by atoms with van der Waals surface area (Å²) in [4.78, 5) is 12.4. The van der Waals surface area contributed by atoms with Crippen LogP contribution < -0.4 is 5.32 Å². The van der Waals surface area contributed by atoms with Crippen molar-refractivity contribution in [2.24, 2.45) is 5.92 Å². The van der Waals surface area contributed by atoms with Crippen molar-refractivity contribution >= 4 is 17.3 Å². The van der Waals surface area contributed by atoms with Crippen LogP contribution in [0.2, 0.25) is 0 Å². The van der Waals surface area contributed by atoms with Crippen LogP contribution in [0.15, 0.2) is 12.1 Å². The van der Waals surface area contributed by atoms with Crippen molar-refractivity contribution in [1.29, 1.82) is 0 Å². The van der Waals surface area contributed by atoms with E-state index in [1.165, 1.54) is 49.9 Å². The first-order valence-corrected chi connectivity index (χ1v) is 8.06. The molecule has 19 heavy (non-hydrogen) atoms. The van der Waals surface area contributed by atoms with Gasteiger partial charge < -0.3 is 10.4 Å². The second-order valence-electron chi connectivity index (χ2n) is 5.46. The summed E-state index contributed by atoms with van der Waals surface area (Å²) in [5, 5.41) is 12.5. The second-order valence-corrected chi connectivity index (χ2v) is 6.63. The molecule has 4 heteroatoms. The number of carboxylic acid groups (broad SMARTS) is 1. The number of aromatic carboxylic acids is 1. The maximum absolute atomic E-state index is 10.8. The largest absolute Gasteiger partial charge is 0.477 e. The monoisotopic (exact) mass is 281 g/mol. The highest BCUT2D eigenvalue weighted by Gasteiger charge is 2.20. The zero-order valence-electron chi connectivity index (χ0n) is 11.5. The predicted octanol–water partition coefficient (Wildman–Crippen LogP) is 3.89. The third kappa shape index (κ3) is 4.32. The van der Waals surface area contributed by atoms with Crippen LogP contribution in [0.5, 0.6) is 0 Å².